The molecule has 1 aromatic heterocycles. The van der Waals surface area contributed by atoms with Crippen molar-refractivity contribution >= 4 is 11.9 Å². The van der Waals surface area contributed by atoms with Crippen molar-refractivity contribution in [1.82, 2.24) is 15.0 Å². The zero-order chi connectivity index (χ0) is 19.2. The molecule has 0 fully saturated rings. The maximum atomic E-state index is 5.61. The first-order valence-corrected chi connectivity index (χ1v) is 9.27. The van der Waals surface area contributed by atoms with Crippen molar-refractivity contribution in [2.75, 3.05) is 56.7 Å². The van der Waals surface area contributed by atoms with E-state index in [1.54, 1.807) is 0 Å². The molecule has 1 rings (SSSR count). The fraction of sp³-hybridized carbons (Fsp3) is 0.824. The summed E-state index contributed by atoms with van der Waals surface area (Å²) in [7, 11) is 0. The van der Waals surface area contributed by atoms with Crippen molar-refractivity contribution in [2.24, 2.45) is 11.7 Å². The van der Waals surface area contributed by atoms with Gasteiger partial charge in [0.1, 0.15) is 0 Å². The molecule has 1 heterocycles. The second kappa shape index (κ2) is 13.5. The molecule has 9 heteroatoms. The summed E-state index contributed by atoms with van der Waals surface area (Å²) >= 11 is 0. The Morgan fingerprint density at radius 2 is 1.46 bits per heavy atom. The van der Waals surface area contributed by atoms with Crippen LogP contribution in [0.1, 0.15) is 34.1 Å². The molecule has 150 valence electrons. The second-order valence-electron chi connectivity index (χ2n) is 6.48. The fourth-order valence-corrected chi connectivity index (χ4v) is 1.89. The lowest BCUT2D eigenvalue weighted by Crippen LogP contribution is -2.17. The number of rotatable bonds is 15. The lowest BCUT2D eigenvalue weighted by Gasteiger charge is -2.13. The van der Waals surface area contributed by atoms with E-state index >= 15 is 0 Å². The second-order valence-corrected chi connectivity index (χ2v) is 6.48. The van der Waals surface area contributed by atoms with Crippen molar-refractivity contribution < 1.29 is 14.2 Å². The molecule has 0 aromatic carbocycles. The van der Waals surface area contributed by atoms with Crippen LogP contribution in [-0.2, 0) is 9.47 Å². The summed E-state index contributed by atoms with van der Waals surface area (Å²) in [5, 5.41) is 6.35. The van der Waals surface area contributed by atoms with Gasteiger partial charge in [-0.25, -0.2) is 0 Å². The Hall–Kier alpha value is -1.71. The molecule has 0 saturated carbocycles. The minimum atomic E-state index is -0.00869. The molecule has 0 aliphatic heterocycles. The molecule has 0 aliphatic rings. The molecule has 0 atom stereocenters. The summed E-state index contributed by atoms with van der Waals surface area (Å²) in [5.41, 5.74) is 5.34. The molecule has 0 bridgehead atoms. The first-order chi connectivity index (χ1) is 12.5. The number of hydrogen-bond donors (Lipinski definition) is 3. The van der Waals surface area contributed by atoms with Gasteiger partial charge in [0.2, 0.25) is 11.9 Å². The SMILES string of the molecule is CC(C)CCNc1nc(NCCOCCOCCN)nc(OC(C)C)n1. The molecule has 0 saturated heterocycles. The normalized spacial score (nSPS) is 11.2. The Balaban J connectivity index is 2.45. The molecule has 1 aromatic rings. The van der Waals surface area contributed by atoms with Crippen LogP contribution in [0.2, 0.25) is 0 Å². The third kappa shape index (κ3) is 11.0. The van der Waals surface area contributed by atoms with E-state index in [1.165, 1.54) is 0 Å². The molecule has 9 nitrogen and oxygen atoms in total. The highest BCUT2D eigenvalue weighted by atomic mass is 16.5. The van der Waals surface area contributed by atoms with Crippen LogP contribution in [0.15, 0.2) is 0 Å². The zero-order valence-corrected chi connectivity index (χ0v) is 16.5. The number of aromatic nitrogens is 3. The van der Waals surface area contributed by atoms with E-state index in [0.717, 1.165) is 13.0 Å². The first-order valence-electron chi connectivity index (χ1n) is 9.27. The topological polar surface area (TPSA) is 116 Å². The molecule has 0 spiro atoms. The van der Waals surface area contributed by atoms with E-state index in [0.29, 0.717) is 63.3 Å². The largest absolute Gasteiger partial charge is 0.461 e. The van der Waals surface area contributed by atoms with E-state index in [-0.39, 0.29) is 6.10 Å². The van der Waals surface area contributed by atoms with Crippen LogP contribution < -0.4 is 21.1 Å². The van der Waals surface area contributed by atoms with Crippen LogP contribution in [0.25, 0.3) is 0 Å². The van der Waals surface area contributed by atoms with Gasteiger partial charge in [0, 0.05) is 19.6 Å². The number of hydrogen-bond acceptors (Lipinski definition) is 9. The highest BCUT2D eigenvalue weighted by Gasteiger charge is 2.09. The quantitative estimate of drug-likeness (QED) is 0.395. The predicted octanol–water partition coefficient (Wildman–Crippen LogP) is 1.52. The highest BCUT2D eigenvalue weighted by molar-refractivity contribution is 5.35. The maximum absolute atomic E-state index is 5.61. The lowest BCUT2D eigenvalue weighted by atomic mass is 10.1. The van der Waals surface area contributed by atoms with Gasteiger partial charge in [0.25, 0.3) is 0 Å². The van der Waals surface area contributed by atoms with Crippen LogP contribution in [0, 0.1) is 5.92 Å². The fourth-order valence-electron chi connectivity index (χ4n) is 1.89. The van der Waals surface area contributed by atoms with Crippen LogP contribution in [0.5, 0.6) is 6.01 Å². The maximum Gasteiger partial charge on any atom is 0.323 e. The molecule has 0 radical (unpaired) electrons. The van der Waals surface area contributed by atoms with E-state index in [1.807, 2.05) is 13.8 Å². The predicted molar refractivity (Wildman–Crippen MR) is 103 cm³/mol. The summed E-state index contributed by atoms with van der Waals surface area (Å²) in [6.07, 6.45) is 1.03. The van der Waals surface area contributed by atoms with Crippen LogP contribution >= 0.6 is 0 Å². The first kappa shape index (κ1) is 22.3. The van der Waals surface area contributed by atoms with Crippen molar-refractivity contribution in [1.29, 1.82) is 0 Å². The smallest absolute Gasteiger partial charge is 0.323 e. The van der Waals surface area contributed by atoms with Gasteiger partial charge >= 0.3 is 6.01 Å². The average molecular weight is 370 g/mol. The van der Waals surface area contributed by atoms with Gasteiger partial charge in [0.05, 0.1) is 32.5 Å². The molecular formula is C17H34N6O3. The van der Waals surface area contributed by atoms with Gasteiger partial charge in [-0.15, -0.1) is 0 Å². The van der Waals surface area contributed by atoms with Crippen molar-refractivity contribution in [2.45, 2.75) is 40.2 Å². The van der Waals surface area contributed by atoms with Crippen molar-refractivity contribution in [3.63, 3.8) is 0 Å². The molecular weight excluding hydrogens is 336 g/mol. The Kier molecular flexibility index (Phi) is 11.6. The van der Waals surface area contributed by atoms with Gasteiger partial charge in [-0.05, 0) is 26.2 Å². The van der Waals surface area contributed by atoms with Crippen LogP contribution in [0.3, 0.4) is 0 Å². The Morgan fingerprint density at radius 1 is 0.846 bits per heavy atom. The van der Waals surface area contributed by atoms with Gasteiger partial charge < -0.3 is 30.6 Å². The van der Waals surface area contributed by atoms with E-state index in [9.17, 15) is 0 Å². The van der Waals surface area contributed by atoms with E-state index in [4.69, 9.17) is 19.9 Å². The van der Waals surface area contributed by atoms with Gasteiger partial charge in [0.15, 0.2) is 0 Å². The summed E-state index contributed by atoms with van der Waals surface area (Å²) in [6.45, 7) is 12.3. The third-order valence-electron chi connectivity index (χ3n) is 3.12. The minimum absolute atomic E-state index is 0.00869. The molecule has 0 amide bonds. The standard InChI is InChI=1S/C17H34N6O3/c1-13(2)5-7-19-15-21-16(23-17(22-15)26-14(3)4)20-8-10-25-12-11-24-9-6-18/h13-14H,5-12,18H2,1-4H3,(H2,19,20,21,22,23). The van der Waals surface area contributed by atoms with Crippen LogP contribution in [0.4, 0.5) is 11.9 Å². The summed E-state index contributed by atoms with van der Waals surface area (Å²) in [4.78, 5) is 13.0. The summed E-state index contributed by atoms with van der Waals surface area (Å²) in [6, 6.07) is 0.306. The van der Waals surface area contributed by atoms with Gasteiger partial charge in [-0.1, -0.05) is 13.8 Å². The zero-order valence-electron chi connectivity index (χ0n) is 16.5. The number of nitrogens with zero attached hydrogens (tertiary/aromatic N) is 3. The Labute approximate surface area is 156 Å². The highest BCUT2D eigenvalue weighted by Crippen LogP contribution is 2.13. The Bertz CT molecular complexity index is 488. The van der Waals surface area contributed by atoms with Gasteiger partial charge in [-0.2, -0.15) is 15.0 Å². The van der Waals surface area contributed by atoms with E-state index in [2.05, 4.69) is 39.4 Å². The molecule has 4 N–H and O–H groups in total. The summed E-state index contributed by atoms with van der Waals surface area (Å²) in [5.74, 6) is 1.58. The number of anilines is 2. The van der Waals surface area contributed by atoms with Crippen LogP contribution in [-0.4, -0.2) is 67.1 Å². The molecule has 0 aliphatic carbocycles. The summed E-state index contributed by atoms with van der Waals surface area (Å²) < 4.78 is 16.3. The number of ether oxygens (including phenoxy) is 3. The average Bonchev–Trinajstić information content (AvgIpc) is 2.56. The minimum Gasteiger partial charge on any atom is -0.461 e. The Morgan fingerprint density at radius 3 is 2.04 bits per heavy atom. The van der Waals surface area contributed by atoms with Crippen molar-refractivity contribution in [3.05, 3.63) is 0 Å². The molecule has 26 heavy (non-hydrogen) atoms. The third-order valence-corrected chi connectivity index (χ3v) is 3.12. The van der Waals surface area contributed by atoms with E-state index < -0.39 is 0 Å². The number of nitrogens with two attached hydrogens (primary N) is 1. The molecule has 0 unspecified atom stereocenters. The lowest BCUT2D eigenvalue weighted by molar-refractivity contribution is 0.0547. The van der Waals surface area contributed by atoms with Gasteiger partial charge in [-0.3, -0.25) is 0 Å². The monoisotopic (exact) mass is 370 g/mol. The van der Waals surface area contributed by atoms with Crippen molar-refractivity contribution in [3.8, 4) is 6.01 Å². The number of nitrogens with one attached hydrogen (secondary N) is 2.